The minimum absolute atomic E-state index is 0.164. The third-order valence-electron chi connectivity index (χ3n) is 9.92. The lowest BCUT2D eigenvalue weighted by Crippen LogP contribution is -2.51. The number of amides is 1. The van der Waals surface area contributed by atoms with E-state index in [2.05, 4.69) is 50.5 Å². The lowest BCUT2D eigenvalue weighted by Gasteiger charge is -2.30. The lowest BCUT2D eigenvalue weighted by molar-refractivity contribution is -0.814. The second-order valence-corrected chi connectivity index (χ2v) is 14.5. The van der Waals surface area contributed by atoms with E-state index >= 15 is 0 Å². The molecule has 1 aliphatic heterocycles. The van der Waals surface area contributed by atoms with Crippen LogP contribution in [-0.4, -0.2) is 71.9 Å². The fourth-order valence-electron chi connectivity index (χ4n) is 6.57. The highest BCUT2D eigenvalue weighted by molar-refractivity contribution is 5.77. The van der Waals surface area contributed by atoms with Gasteiger partial charge in [-0.25, -0.2) is 4.99 Å². The molecule has 0 aromatic heterocycles. The second-order valence-electron chi connectivity index (χ2n) is 14.5. The maximum atomic E-state index is 12.4. The van der Waals surface area contributed by atoms with Crippen molar-refractivity contribution in [1.82, 2.24) is 5.32 Å². The number of quaternary nitrogens is 1. The molecule has 0 saturated carbocycles. The highest BCUT2D eigenvalue weighted by Crippen LogP contribution is 2.18. The Morgan fingerprint density at radius 2 is 1.23 bits per heavy atom. The number of aliphatic hydroxyl groups is 2. The van der Waals surface area contributed by atoms with E-state index in [1.54, 1.807) is 0 Å². The Hall–Kier alpha value is -1.50. The van der Waals surface area contributed by atoms with Crippen LogP contribution in [0.15, 0.2) is 29.3 Å². The van der Waals surface area contributed by atoms with Gasteiger partial charge >= 0.3 is 0 Å². The van der Waals surface area contributed by atoms with Crippen LogP contribution < -0.4 is 5.32 Å². The molecule has 0 spiro atoms. The van der Waals surface area contributed by atoms with Crippen LogP contribution in [0.25, 0.3) is 0 Å². The Labute approximate surface area is 291 Å². The van der Waals surface area contributed by atoms with Gasteiger partial charge in [-0.1, -0.05) is 128 Å². The highest BCUT2D eigenvalue weighted by atomic mass is 16.3. The monoisotopic (exact) mass is 661 g/mol. The number of allylic oxidation sites excluding steroid dienone is 2. The Bertz CT molecular complexity index is 827. The number of unbranched alkanes of at least 4 members (excludes halogenated alkanes) is 16. The largest absolute Gasteiger partial charge is 0.393 e. The molecule has 0 aromatic rings. The molecule has 3 N–H and O–H groups in total. The Morgan fingerprint density at radius 1 is 0.723 bits per heavy atom. The van der Waals surface area contributed by atoms with Gasteiger partial charge in [-0.15, -0.1) is 0 Å². The number of rotatable bonds is 33. The van der Waals surface area contributed by atoms with Crippen molar-refractivity contribution in [2.45, 2.75) is 193 Å². The summed E-state index contributed by atoms with van der Waals surface area (Å²) in [6, 6.07) is 0. The second kappa shape index (κ2) is 30.6. The topological polar surface area (TPSA) is 81.9 Å². The standard InChI is InChI=1S/C41H77N3O3/c1-4-6-8-22-28-38(45)30-24-18-14-10-12-16-20-26-32-40-42-34-36-44(40,3)37-35-43-41(47)33-27-21-17-13-11-15-19-25-31-39(46)29-23-9-7-5-2/h18-19,24-25,38-39,45-46H,4-17,20-23,26-37H2,1-3H3/p+1/b24-18-,25-19-/t38-,39-,44?/m1/s1. The van der Waals surface area contributed by atoms with Crippen molar-refractivity contribution in [3.8, 4) is 0 Å². The molecule has 47 heavy (non-hydrogen) atoms. The first-order valence-electron chi connectivity index (χ1n) is 20.2. The number of nitrogens with one attached hydrogen (secondary N) is 1. The summed E-state index contributed by atoms with van der Waals surface area (Å²) < 4.78 is 0.891. The zero-order valence-corrected chi connectivity index (χ0v) is 31.4. The molecule has 0 aromatic carbocycles. The van der Waals surface area contributed by atoms with Crippen LogP contribution in [0.1, 0.15) is 181 Å². The van der Waals surface area contributed by atoms with Gasteiger partial charge < -0.3 is 15.5 Å². The number of carbonyl (C=O) groups is 1. The molecule has 3 atom stereocenters. The van der Waals surface area contributed by atoms with Crippen LogP contribution in [0.3, 0.4) is 0 Å². The molecule has 0 saturated heterocycles. The van der Waals surface area contributed by atoms with Gasteiger partial charge in [-0.2, -0.15) is 0 Å². The first-order chi connectivity index (χ1) is 22.9. The van der Waals surface area contributed by atoms with Crippen LogP contribution in [-0.2, 0) is 4.79 Å². The van der Waals surface area contributed by atoms with Gasteiger partial charge in [0.1, 0.15) is 13.1 Å². The maximum absolute atomic E-state index is 12.4. The number of nitrogens with zero attached hydrogens (tertiary/aromatic N) is 2. The molecule has 0 fully saturated rings. The molecule has 1 heterocycles. The summed E-state index contributed by atoms with van der Waals surface area (Å²) >= 11 is 0. The molecule has 1 rings (SSSR count). The Morgan fingerprint density at radius 3 is 1.81 bits per heavy atom. The fraction of sp³-hybridized carbons (Fsp3) is 0.854. The van der Waals surface area contributed by atoms with E-state index < -0.39 is 0 Å². The first kappa shape index (κ1) is 43.5. The molecule has 0 radical (unpaired) electrons. The first-order valence-corrected chi connectivity index (χ1v) is 20.2. The van der Waals surface area contributed by atoms with Gasteiger partial charge in [0.2, 0.25) is 5.91 Å². The molecule has 0 bridgehead atoms. The average Bonchev–Trinajstić information content (AvgIpc) is 3.42. The summed E-state index contributed by atoms with van der Waals surface area (Å²) in [5.41, 5.74) is 0. The Balaban J connectivity index is 1.99. The summed E-state index contributed by atoms with van der Waals surface area (Å²) in [6.07, 6.45) is 37.7. The molecule has 6 nitrogen and oxygen atoms in total. The zero-order valence-electron chi connectivity index (χ0n) is 31.4. The third kappa shape index (κ3) is 25.2. The Kier molecular flexibility index (Phi) is 28.3. The van der Waals surface area contributed by atoms with E-state index in [1.165, 1.54) is 95.7 Å². The van der Waals surface area contributed by atoms with Gasteiger partial charge in [0.25, 0.3) is 0 Å². The van der Waals surface area contributed by atoms with Gasteiger partial charge in [0.05, 0.1) is 32.3 Å². The number of carbonyl (C=O) groups excluding carboxylic acids is 1. The van der Waals surface area contributed by atoms with E-state index in [4.69, 9.17) is 4.99 Å². The van der Waals surface area contributed by atoms with E-state index in [9.17, 15) is 15.0 Å². The number of hydrogen-bond donors (Lipinski definition) is 3. The predicted molar refractivity (Wildman–Crippen MR) is 203 cm³/mol. The van der Waals surface area contributed by atoms with Crippen molar-refractivity contribution in [2.75, 3.05) is 33.2 Å². The van der Waals surface area contributed by atoms with Crippen molar-refractivity contribution in [1.29, 1.82) is 0 Å². The van der Waals surface area contributed by atoms with Gasteiger partial charge in [-0.05, 0) is 64.2 Å². The summed E-state index contributed by atoms with van der Waals surface area (Å²) in [7, 11) is 2.29. The van der Waals surface area contributed by atoms with E-state index in [0.717, 1.165) is 101 Å². The number of aliphatic hydroxyl groups excluding tert-OH is 2. The van der Waals surface area contributed by atoms with Crippen LogP contribution in [0.4, 0.5) is 0 Å². The zero-order chi connectivity index (χ0) is 34.3. The van der Waals surface area contributed by atoms with Gasteiger partial charge in [0.15, 0.2) is 5.84 Å². The van der Waals surface area contributed by atoms with Crippen LogP contribution in [0.5, 0.6) is 0 Å². The number of amidine groups is 1. The van der Waals surface area contributed by atoms with Crippen LogP contribution >= 0.6 is 0 Å². The van der Waals surface area contributed by atoms with Crippen LogP contribution in [0.2, 0.25) is 0 Å². The molecular formula is C41H78N3O3+. The van der Waals surface area contributed by atoms with E-state index in [0.29, 0.717) is 6.42 Å². The van der Waals surface area contributed by atoms with Gasteiger partial charge in [0, 0.05) is 12.8 Å². The minimum atomic E-state index is -0.175. The molecular weight excluding hydrogens is 582 g/mol. The number of aliphatic imine (C=N–C) groups is 1. The average molecular weight is 661 g/mol. The summed E-state index contributed by atoms with van der Waals surface area (Å²) in [4.78, 5) is 17.3. The van der Waals surface area contributed by atoms with Gasteiger partial charge in [-0.3, -0.25) is 9.28 Å². The molecule has 6 heteroatoms. The smallest absolute Gasteiger partial charge is 0.220 e. The van der Waals surface area contributed by atoms with Crippen molar-refractivity contribution >= 4 is 11.7 Å². The molecule has 0 aliphatic carbocycles. The predicted octanol–water partition coefficient (Wildman–Crippen LogP) is 9.98. The van der Waals surface area contributed by atoms with Crippen molar-refractivity contribution in [2.24, 2.45) is 4.99 Å². The normalized spacial score (nSPS) is 17.9. The highest BCUT2D eigenvalue weighted by Gasteiger charge is 2.32. The van der Waals surface area contributed by atoms with Crippen molar-refractivity contribution < 1.29 is 19.5 Å². The summed E-state index contributed by atoms with van der Waals surface area (Å²) in [5.74, 6) is 1.52. The van der Waals surface area contributed by atoms with E-state index in [1.807, 2.05) is 0 Å². The number of likely N-dealkylation sites (N-methyl/N-ethyl adjacent to an activating group) is 1. The van der Waals surface area contributed by atoms with E-state index in [-0.39, 0.29) is 18.1 Å². The molecule has 1 aliphatic rings. The third-order valence-corrected chi connectivity index (χ3v) is 9.92. The van der Waals surface area contributed by atoms with Crippen molar-refractivity contribution in [3.05, 3.63) is 24.3 Å². The molecule has 1 amide bonds. The minimum Gasteiger partial charge on any atom is -0.393 e. The number of hydrogen-bond acceptors (Lipinski definition) is 4. The SMILES string of the molecule is CCCCCC[C@@H](O)C/C=C\CCCCCCCC(=O)NCC[N+]1(C)CCN=C1CCCCCCC/C=C\C[C@H](O)CCCCCC. The quantitative estimate of drug-likeness (QED) is 0.0372. The lowest BCUT2D eigenvalue weighted by atomic mass is 10.1. The van der Waals surface area contributed by atoms with Crippen LogP contribution in [0, 0.1) is 0 Å². The summed E-state index contributed by atoms with van der Waals surface area (Å²) in [5, 5.41) is 23.3. The molecule has 1 unspecified atom stereocenters. The molecule has 274 valence electrons. The van der Waals surface area contributed by atoms with Crippen molar-refractivity contribution in [3.63, 3.8) is 0 Å². The summed E-state index contributed by atoms with van der Waals surface area (Å²) in [6.45, 7) is 8.08. The maximum Gasteiger partial charge on any atom is 0.220 e. The fourth-order valence-corrected chi connectivity index (χ4v) is 6.57.